The molecule has 0 aromatic heterocycles. The lowest BCUT2D eigenvalue weighted by Gasteiger charge is -2.09. The number of aryl methyl sites for hydroxylation is 1. The van der Waals surface area contributed by atoms with Gasteiger partial charge in [0.1, 0.15) is 11.6 Å². The van der Waals surface area contributed by atoms with Crippen molar-refractivity contribution >= 4 is 0 Å². The second-order valence-electron chi connectivity index (χ2n) is 3.00. The molecule has 0 saturated heterocycles. The molecule has 0 aliphatic carbocycles. The van der Waals surface area contributed by atoms with Gasteiger partial charge >= 0.3 is 0 Å². The topological polar surface area (TPSA) is 20.2 Å². The van der Waals surface area contributed by atoms with Crippen LogP contribution in [-0.4, -0.2) is 5.11 Å². The van der Waals surface area contributed by atoms with Crippen molar-refractivity contribution in [2.45, 2.75) is 26.4 Å². The molecule has 0 radical (unpaired) electrons. The average Bonchev–Trinajstić information content (AvgIpc) is 2.02. The molecule has 1 nitrogen and oxygen atoms in total. The Balaban J connectivity index is 3.23. The molecule has 1 unspecified atom stereocenters. The average molecular weight is 186 g/mol. The molecule has 1 aromatic carbocycles. The van der Waals surface area contributed by atoms with Crippen molar-refractivity contribution in [2.75, 3.05) is 0 Å². The van der Waals surface area contributed by atoms with Crippen LogP contribution in [0.25, 0.3) is 0 Å². The summed E-state index contributed by atoms with van der Waals surface area (Å²) in [6.07, 6.45) is -0.528. The second kappa shape index (κ2) is 3.83. The molecule has 0 spiro atoms. The predicted octanol–water partition coefficient (Wildman–Crippen LogP) is 2.58. The first kappa shape index (κ1) is 10.1. The highest BCUT2D eigenvalue weighted by Gasteiger charge is 2.14. The van der Waals surface area contributed by atoms with Gasteiger partial charge in [-0.15, -0.1) is 0 Å². The minimum Gasteiger partial charge on any atom is -0.388 e. The van der Waals surface area contributed by atoms with Crippen LogP contribution in [0.2, 0.25) is 0 Å². The number of halogens is 2. The standard InChI is InChI=1S/C10H12F2O/c1-3-7-4-8(11)10(6(2)13)9(12)5-7/h4-6,13H,3H2,1-2H3. The van der Waals surface area contributed by atoms with Gasteiger partial charge in [-0.2, -0.15) is 0 Å². The van der Waals surface area contributed by atoms with Crippen LogP contribution in [-0.2, 0) is 6.42 Å². The molecule has 0 heterocycles. The molecule has 3 heteroatoms. The van der Waals surface area contributed by atoms with Crippen molar-refractivity contribution in [2.24, 2.45) is 0 Å². The summed E-state index contributed by atoms with van der Waals surface area (Å²) < 4.78 is 26.3. The Morgan fingerprint density at radius 2 is 1.77 bits per heavy atom. The third-order valence-corrected chi connectivity index (χ3v) is 1.96. The molecule has 0 amide bonds. The molecule has 0 bridgehead atoms. The second-order valence-corrected chi connectivity index (χ2v) is 3.00. The van der Waals surface area contributed by atoms with E-state index in [0.717, 1.165) is 0 Å². The highest BCUT2D eigenvalue weighted by atomic mass is 19.1. The lowest BCUT2D eigenvalue weighted by atomic mass is 10.0. The Morgan fingerprint density at radius 3 is 2.08 bits per heavy atom. The first-order valence-electron chi connectivity index (χ1n) is 4.22. The summed E-state index contributed by atoms with van der Waals surface area (Å²) in [5.74, 6) is -1.35. The van der Waals surface area contributed by atoms with Crippen LogP contribution in [0.15, 0.2) is 12.1 Å². The van der Waals surface area contributed by atoms with Crippen molar-refractivity contribution in [3.05, 3.63) is 34.9 Å². The van der Waals surface area contributed by atoms with Gasteiger partial charge in [0.25, 0.3) is 0 Å². The molecule has 13 heavy (non-hydrogen) atoms. The maximum Gasteiger partial charge on any atom is 0.132 e. The number of aliphatic hydroxyl groups is 1. The summed E-state index contributed by atoms with van der Waals surface area (Å²) in [6, 6.07) is 2.51. The third kappa shape index (κ3) is 2.04. The molecular formula is C10H12F2O. The minimum atomic E-state index is -1.11. The van der Waals surface area contributed by atoms with Gasteiger partial charge in [-0.25, -0.2) is 8.78 Å². The van der Waals surface area contributed by atoms with Crippen molar-refractivity contribution in [1.82, 2.24) is 0 Å². The zero-order valence-corrected chi connectivity index (χ0v) is 7.64. The third-order valence-electron chi connectivity index (χ3n) is 1.96. The van der Waals surface area contributed by atoms with Crippen molar-refractivity contribution < 1.29 is 13.9 Å². The van der Waals surface area contributed by atoms with E-state index >= 15 is 0 Å². The fourth-order valence-corrected chi connectivity index (χ4v) is 1.24. The van der Waals surface area contributed by atoms with E-state index in [1.807, 2.05) is 6.92 Å². The van der Waals surface area contributed by atoms with E-state index in [4.69, 9.17) is 5.11 Å². The van der Waals surface area contributed by atoms with Gasteiger partial charge in [0.2, 0.25) is 0 Å². The Hall–Kier alpha value is -0.960. The Labute approximate surface area is 76.0 Å². The van der Waals surface area contributed by atoms with Gasteiger partial charge in [-0.3, -0.25) is 0 Å². The van der Waals surface area contributed by atoms with Gasteiger partial charge in [-0.05, 0) is 31.0 Å². The van der Waals surface area contributed by atoms with Crippen molar-refractivity contribution in [1.29, 1.82) is 0 Å². The fourth-order valence-electron chi connectivity index (χ4n) is 1.24. The maximum absolute atomic E-state index is 13.1. The number of aliphatic hydroxyl groups excluding tert-OH is 1. The van der Waals surface area contributed by atoms with Gasteiger partial charge in [0.05, 0.1) is 11.7 Å². The van der Waals surface area contributed by atoms with E-state index in [0.29, 0.717) is 12.0 Å². The van der Waals surface area contributed by atoms with Crippen LogP contribution in [0, 0.1) is 11.6 Å². The van der Waals surface area contributed by atoms with E-state index in [1.54, 1.807) is 0 Å². The van der Waals surface area contributed by atoms with E-state index in [9.17, 15) is 8.78 Å². The molecular weight excluding hydrogens is 174 g/mol. The van der Waals surface area contributed by atoms with Crippen LogP contribution in [0.5, 0.6) is 0 Å². The van der Waals surface area contributed by atoms with Gasteiger partial charge < -0.3 is 5.11 Å². The highest BCUT2D eigenvalue weighted by Crippen LogP contribution is 2.22. The fraction of sp³-hybridized carbons (Fsp3) is 0.400. The van der Waals surface area contributed by atoms with Crippen molar-refractivity contribution in [3.8, 4) is 0 Å². The Kier molecular flexibility index (Phi) is 2.98. The van der Waals surface area contributed by atoms with E-state index in [1.165, 1.54) is 19.1 Å². The number of benzene rings is 1. The van der Waals surface area contributed by atoms with Crippen molar-refractivity contribution in [3.63, 3.8) is 0 Å². The van der Waals surface area contributed by atoms with E-state index in [-0.39, 0.29) is 5.56 Å². The number of hydrogen-bond donors (Lipinski definition) is 1. The Bertz CT molecular complexity index is 285. The zero-order chi connectivity index (χ0) is 10.0. The van der Waals surface area contributed by atoms with Crippen LogP contribution in [0.3, 0.4) is 0 Å². The molecule has 1 aromatic rings. The van der Waals surface area contributed by atoms with E-state index in [2.05, 4.69) is 0 Å². The summed E-state index contributed by atoms with van der Waals surface area (Å²) in [7, 11) is 0. The lowest BCUT2D eigenvalue weighted by molar-refractivity contribution is 0.188. The maximum atomic E-state index is 13.1. The summed E-state index contributed by atoms with van der Waals surface area (Å²) in [6.45, 7) is 3.16. The van der Waals surface area contributed by atoms with Gasteiger partial charge in [0, 0.05) is 0 Å². The van der Waals surface area contributed by atoms with Crippen LogP contribution in [0.4, 0.5) is 8.78 Å². The molecule has 0 saturated carbocycles. The first-order chi connectivity index (χ1) is 6.06. The molecule has 1 atom stereocenters. The van der Waals surface area contributed by atoms with Gasteiger partial charge in [0.15, 0.2) is 0 Å². The smallest absolute Gasteiger partial charge is 0.132 e. The molecule has 1 N–H and O–H groups in total. The SMILES string of the molecule is CCc1cc(F)c(C(C)O)c(F)c1. The molecule has 1 rings (SSSR count). The highest BCUT2D eigenvalue weighted by molar-refractivity contribution is 5.27. The number of hydrogen-bond acceptors (Lipinski definition) is 1. The summed E-state index contributed by atoms with van der Waals surface area (Å²) in [5.41, 5.74) is 0.344. The van der Waals surface area contributed by atoms with Crippen LogP contribution >= 0.6 is 0 Å². The lowest BCUT2D eigenvalue weighted by Crippen LogP contribution is -2.01. The molecule has 0 fully saturated rings. The van der Waals surface area contributed by atoms with E-state index < -0.39 is 17.7 Å². The first-order valence-corrected chi connectivity index (χ1v) is 4.22. The number of rotatable bonds is 2. The summed E-state index contributed by atoms with van der Waals surface area (Å²) in [4.78, 5) is 0. The molecule has 0 aliphatic heterocycles. The summed E-state index contributed by atoms with van der Waals surface area (Å²) in [5, 5.41) is 9.07. The summed E-state index contributed by atoms with van der Waals surface area (Å²) >= 11 is 0. The van der Waals surface area contributed by atoms with Crippen LogP contribution < -0.4 is 0 Å². The molecule has 0 aliphatic rings. The van der Waals surface area contributed by atoms with Crippen LogP contribution in [0.1, 0.15) is 31.1 Å². The predicted molar refractivity (Wildman–Crippen MR) is 46.4 cm³/mol. The monoisotopic (exact) mass is 186 g/mol. The normalized spacial score (nSPS) is 13.0. The molecule has 72 valence electrons. The minimum absolute atomic E-state index is 0.253. The largest absolute Gasteiger partial charge is 0.388 e. The van der Waals surface area contributed by atoms with Gasteiger partial charge in [-0.1, -0.05) is 6.92 Å². The quantitative estimate of drug-likeness (QED) is 0.752. The zero-order valence-electron chi connectivity index (χ0n) is 7.64. The Morgan fingerprint density at radius 1 is 1.31 bits per heavy atom.